The number of esters is 1. The van der Waals surface area contributed by atoms with Crippen LogP contribution in [0.1, 0.15) is 5.56 Å². The van der Waals surface area contributed by atoms with Crippen LogP contribution in [0.4, 0.5) is 0 Å². The lowest BCUT2D eigenvalue weighted by molar-refractivity contribution is -0.145. The van der Waals surface area contributed by atoms with E-state index in [9.17, 15) is 9.59 Å². The number of amides is 1. The number of thioether (sulfide) groups is 1. The Labute approximate surface area is 170 Å². The maximum absolute atomic E-state index is 11.8. The van der Waals surface area contributed by atoms with E-state index in [1.165, 1.54) is 0 Å². The zero-order valence-electron chi connectivity index (χ0n) is 14.6. The second kappa shape index (κ2) is 9.91. The molecule has 0 bridgehead atoms. The van der Waals surface area contributed by atoms with Crippen molar-refractivity contribution < 1.29 is 18.7 Å². The number of carbonyl (C=O) groups is 2. The van der Waals surface area contributed by atoms with Crippen LogP contribution < -0.4 is 5.32 Å². The van der Waals surface area contributed by atoms with Gasteiger partial charge in [-0.3, -0.25) is 9.59 Å². The number of halogens is 1. The summed E-state index contributed by atoms with van der Waals surface area (Å²) in [6.07, 6.45) is 0. The van der Waals surface area contributed by atoms with Gasteiger partial charge in [-0.1, -0.05) is 53.7 Å². The van der Waals surface area contributed by atoms with Crippen molar-refractivity contribution in [2.24, 2.45) is 0 Å². The molecular weight excluding hydrogens is 402 g/mol. The molecular formula is C19H16ClN3O4S. The number of carbonyl (C=O) groups excluding carboxylic acids is 2. The second-order valence-corrected chi connectivity index (χ2v) is 6.95. The van der Waals surface area contributed by atoms with E-state index < -0.39 is 5.97 Å². The molecule has 28 heavy (non-hydrogen) atoms. The third kappa shape index (κ3) is 6.11. The fourth-order valence-corrected chi connectivity index (χ4v) is 2.82. The van der Waals surface area contributed by atoms with Crippen LogP contribution in [0.5, 0.6) is 0 Å². The standard InChI is InChI=1S/C19H16ClN3O4S/c20-15-8-6-14(7-9-15)18-22-23-19(27-18)28-12-17(25)26-11-16(24)21-10-13-4-2-1-3-5-13/h1-9H,10-12H2,(H,21,24). The minimum absolute atomic E-state index is 0.0474. The lowest BCUT2D eigenvalue weighted by Gasteiger charge is -2.06. The fraction of sp³-hybridized carbons (Fsp3) is 0.158. The molecule has 144 valence electrons. The first-order chi connectivity index (χ1) is 13.6. The number of ether oxygens (including phenoxy) is 1. The summed E-state index contributed by atoms with van der Waals surface area (Å²) in [5, 5.41) is 11.3. The van der Waals surface area contributed by atoms with Gasteiger partial charge in [0.2, 0.25) is 5.89 Å². The topological polar surface area (TPSA) is 94.3 Å². The van der Waals surface area contributed by atoms with Crippen LogP contribution in [-0.2, 0) is 20.9 Å². The molecule has 0 radical (unpaired) electrons. The number of rotatable bonds is 8. The highest BCUT2D eigenvalue weighted by atomic mass is 35.5. The van der Waals surface area contributed by atoms with Crippen LogP contribution >= 0.6 is 23.4 Å². The van der Waals surface area contributed by atoms with Crippen molar-refractivity contribution in [3.8, 4) is 11.5 Å². The van der Waals surface area contributed by atoms with Crippen molar-refractivity contribution in [1.29, 1.82) is 0 Å². The molecule has 0 spiro atoms. The minimum Gasteiger partial charge on any atom is -0.455 e. The molecule has 2 aromatic carbocycles. The van der Waals surface area contributed by atoms with E-state index in [1.807, 2.05) is 30.3 Å². The molecule has 0 aliphatic carbocycles. The van der Waals surface area contributed by atoms with Gasteiger partial charge in [-0.05, 0) is 29.8 Å². The van der Waals surface area contributed by atoms with Crippen LogP contribution in [0.25, 0.3) is 11.5 Å². The second-order valence-electron chi connectivity index (χ2n) is 5.59. The number of hydrogen-bond donors (Lipinski definition) is 1. The number of hydrogen-bond acceptors (Lipinski definition) is 7. The summed E-state index contributed by atoms with van der Waals surface area (Å²) in [6.45, 7) is 0.0352. The van der Waals surface area contributed by atoms with Gasteiger partial charge >= 0.3 is 5.97 Å². The Morgan fingerprint density at radius 1 is 1.07 bits per heavy atom. The summed E-state index contributed by atoms with van der Waals surface area (Å²) in [5.41, 5.74) is 1.69. The van der Waals surface area contributed by atoms with Gasteiger partial charge in [0, 0.05) is 17.1 Å². The highest BCUT2D eigenvalue weighted by Gasteiger charge is 2.13. The highest BCUT2D eigenvalue weighted by molar-refractivity contribution is 7.99. The molecule has 0 atom stereocenters. The number of benzene rings is 2. The molecule has 0 aliphatic rings. The Kier molecular flexibility index (Phi) is 7.05. The van der Waals surface area contributed by atoms with Gasteiger partial charge in [-0.2, -0.15) is 0 Å². The first-order valence-corrected chi connectivity index (χ1v) is 9.65. The Balaban J connectivity index is 1.38. The molecule has 1 heterocycles. The molecule has 3 rings (SSSR count). The van der Waals surface area contributed by atoms with Gasteiger partial charge < -0.3 is 14.5 Å². The first kappa shape index (κ1) is 19.9. The van der Waals surface area contributed by atoms with Crippen LogP contribution in [0, 0.1) is 0 Å². The normalized spacial score (nSPS) is 10.5. The third-order valence-corrected chi connectivity index (χ3v) is 4.55. The molecule has 0 unspecified atom stereocenters. The molecule has 0 saturated carbocycles. The molecule has 0 saturated heterocycles. The summed E-state index contributed by atoms with van der Waals surface area (Å²) in [7, 11) is 0. The maximum Gasteiger partial charge on any atom is 0.316 e. The number of nitrogens with one attached hydrogen (secondary N) is 1. The Hall–Kier alpha value is -2.84. The van der Waals surface area contributed by atoms with Crippen molar-refractivity contribution >= 4 is 35.2 Å². The fourth-order valence-electron chi connectivity index (χ4n) is 2.13. The van der Waals surface area contributed by atoms with Gasteiger partial charge in [-0.25, -0.2) is 0 Å². The molecule has 1 N–H and O–H groups in total. The third-order valence-electron chi connectivity index (χ3n) is 3.51. The molecule has 7 nitrogen and oxygen atoms in total. The van der Waals surface area contributed by atoms with Crippen LogP contribution in [0.15, 0.2) is 64.2 Å². The van der Waals surface area contributed by atoms with E-state index in [0.717, 1.165) is 22.9 Å². The summed E-state index contributed by atoms with van der Waals surface area (Å²) in [5.74, 6) is -0.641. The van der Waals surface area contributed by atoms with Gasteiger partial charge in [0.05, 0.1) is 0 Å². The van der Waals surface area contributed by atoms with E-state index in [-0.39, 0.29) is 23.5 Å². The lowest BCUT2D eigenvalue weighted by Crippen LogP contribution is -2.28. The van der Waals surface area contributed by atoms with Crippen molar-refractivity contribution in [3.63, 3.8) is 0 Å². The predicted molar refractivity (Wildman–Crippen MR) is 105 cm³/mol. The average Bonchev–Trinajstić information content (AvgIpc) is 3.19. The summed E-state index contributed by atoms with van der Waals surface area (Å²) in [4.78, 5) is 23.5. The summed E-state index contributed by atoms with van der Waals surface area (Å²) < 4.78 is 10.4. The van der Waals surface area contributed by atoms with E-state index in [0.29, 0.717) is 17.5 Å². The zero-order chi connectivity index (χ0) is 19.8. The van der Waals surface area contributed by atoms with E-state index in [4.69, 9.17) is 20.8 Å². The monoisotopic (exact) mass is 417 g/mol. The van der Waals surface area contributed by atoms with E-state index >= 15 is 0 Å². The first-order valence-electron chi connectivity index (χ1n) is 8.28. The molecule has 0 fully saturated rings. The number of aromatic nitrogens is 2. The smallest absolute Gasteiger partial charge is 0.316 e. The van der Waals surface area contributed by atoms with Crippen LogP contribution in [0.2, 0.25) is 5.02 Å². The van der Waals surface area contributed by atoms with E-state index in [1.54, 1.807) is 24.3 Å². The van der Waals surface area contributed by atoms with Gasteiger partial charge in [-0.15, -0.1) is 10.2 Å². The van der Waals surface area contributed by atoms with Crippen molar-refractivity contribution in [1.82, 2.24) is 15.5 Å². The van der Waals surface area contributed by atoms with Crippen molar-refractivity contribution in [2.45, 2.75) is 11.8 Å². The zero-order valence-corrected chi connectivity index (χ0v) is 16.2. The Morgan fingerprint density at radius 2 is 1.82 bits per heavy atom. The van der Waals surface area contributed by atoms with Gasteiger partial charge in [0.15, 0.2) is 6.61 Å². The van der Waals surface area contributed by atoms with Gasteiger partial charge in [0.25, 0.3) is 11.1 Å². The van der Waals surface area contributed by atoms with Crippen molar-refractivity contribution in [3.05, 3.63) is 65.2 Å². The average molecular weight is 418 g/mol. The lowest BCUT2D eigenvalue weighted by atomic mass is 10.2. The minimum atomic E-state index is -0.550. The molecule has 0 aliphatic heterocycles. The Bertz CT molecular complexity index is 932. The largest absolute Gasteiger partial charge is 0.455 e. The molecule has 1 amide bonds. The molecule has 9 heteroatoms. The molecule has 1 aromatic heterocycles. The van der Waals surface area contributed by atoms with Crippen molar-refractivity contribution in [2.75, 3.05) is 12.4 Å². The van der Waals surface area contributed by atoms with Crippen LogP contribution in [0.3, 0.4) is 0 Å². The molecule has 3 aromatic rings. The summed E-state index contributed by atoms with van der Waals surface area (Å²) >= 11 is 6.88. The summed E-state index contributed by atoms with van der Waals surface area (Å²) in [6, 6.07) is 16.4. The predicted octanol–water partition coefficient (Wildman–Crippen LogP) is 3.34. The Morgan fingerprint density at radius 3 is 2.57 bits per heavy atom. The maximum atomic E-state index is 11.8. The number of nitrogens with zero attached hydrogens (tertiary/aromatic N) is 2. The highest BCUT2D eigenvalue weighted by Crippen LogP contribution is 2.24. The SMILES string of the molecule is O=C(COC(=O)CSc1nnc(-c2ccc(Cl)cc2)o1)NCc1ccccc1. The van der Waals surface area contributed by atoms with E-state index in [2.05, 4.69) is 15.5 Å². The van der Waals surface area contributed by atoms with Crippen LogP contribution in [-0.4, -0.2) is 34.4 Å². The quantitative estimate of drug-likeness (QED) is 0.443. The van der Waals surface area contributed by atoms with Gasteiger partial charge in [0.1, 0.15) is 5.75 Å².